The molecule has 314 valence electrons. The number of nitrogens with zero attached hydrogens (tertiary/aromatic N) is 1. The molecule has 0 aromatic carbocycles. The molecule has 0 spiro atoms. The SMILES string of the molecule is CCCCCCCCC=CCCCCCCCC(=O)O[C@H](COC=CCCCCCCCCCCCCCCCC)COP(=O)(O)OCC[N+](C)(C)C. The molecule has 0 rings (SSSR count). The summed E-state index contributed by atoms with van der Waals surface area (Å²) in [6.45, 7) is 4.93. The highest BCUT2D eigenvalue weighted by Gasteiger charge is 2.26. The fourth-order valence-electron chi connectivity index (χ4n) is 6.10. The molecule has 2 atom stereocenters. The smallest absolute Gasteiger partial charge is 0.472 e. The highest BCUT2D eigenvalue weighted by Crippen LogP contribution is 2.43. The molecule has 0 heterocycles. The molecule has 0 aliphatic heterocycles. The van der Waals surface area contributed by atoms with Crippen molar-refractivity contribution in [2.75, 3.05) is 47.5 Å². The summed E-state index contributed by atoms with van der Waals surface area (Å²) in [7, 11) is 1.64. The molecule has 0 aliphatic carbocycles. The topological polar surface area (TPSA) is 91.3 Å². The lowest BCUT2D eigenvalue weighted by Gasteiger charge is -2.24. The molecule has 9 heteroatoms. The molecule has 0 saturated carbocycles. The van der Waals surface area contributed by atoms with Gasteiger partial charge < -0.3 is 18.9 Å². The Hall–Kier alpha value is -1.18. The summed E-state index contributed by atoms with van der Waals surface area (Å²) in [6.07, 6.45) is 43.0. The van der Waals surface area contributed by atoms with E-state index in [1.54, 1.807) is 6.26 Å². The predicted octanol–water partition coefficient (Wildman–Crippen LogP) is 13.2. The second kappa shape index (κ2) is 37.7. The number of phosphoric acid groups is 1. The lowest BCUT2D eigenvalue weighted by molar-refractivity contribution is -0.870. The van der Waals surface area contributed by atoms with Crippen LogP contribution in [0, 0.1) is 0 Å². The zero-order chi connectivity index (χ0) is 39.1. The van der Waals surface area contributed by atoms with Gasteiger partial charge in [-0.2, -0.15) is 0 Å². The number of allylic oxidation sites excluding steroid dienone is 3. The van der Waals surface area contributed by atoms with Gasteiger partial charge in [0.25, 0.3) is 0 Å². The number of carbonyl (C=O) groups is 1. The zero-order valence-electron chi connectivity index (χ0n) is 35.5. The van der Waals surface area contributed by atoms with Crippen LogP contribution in [0.25, 0.3) is 0 Å². The molecule has 0 bridgehead atoms. The molecule has 0 radical (unpaired) electrons. The van der Waals surface area contributed by atoms with Gasteiger partial charge >= 0.3 is 13.8 Å². The van der Waals surface area contributed by atoms with Gasteiger partial charge in [-0.05, 0) is 51.0 Å². The maximum Gasteiger partial charge on any atom is 0.472 e. The van der Waals surface area contributed by atoms with Gasteiger partial charge in [0.05, 0.1) is 34.0 Å². The van der Waals surface area contributed by atoms with Crippen molar-refractivity contribution in [2.24, 2.45) is 0 Å². The number of esters is 1. The molecule has 1 N–H and O–H groups in total. The summed E-state index contributed by atoms with van der Waals surface area (Å²) in [4.78, 5) is 22.8. The standard InChI is InChI=1S/C44H86NO7P/c1-6-8-10-12-14-16-18-20-22-24-26-28-30-32-34-36-39-49-41-43(42-51-53(47,48)50-40-38-45(3,4)5)52-44(46)37-35-33-31-29-27-25-23-21-19-17-15-13-11-9-7-2/h21,23,36,39,43H,6-20,22,24-35,37-38,40-42H2,1-5H3/p+1/t43-/m1/s1. The van der Waals surface area contributed by atoms with Gasteiger partial charge in [-0.3, -0.25) is 13.8 Å². The van der Waals surface area contributed by atoms with Gasteiger partial charge in [-0.25, -0.2) is 4.57 Å². The minimum Gasteiger partial charge on any atom is -0.498 e. The Bertz CT molecular complexity index is 905. The Morgan fingerprint density at radius 1 is 0.585 bits per heavy atom. The molecular formula is C44H87NO7P+. The lowest BCUT2D eigenvalue weighted by atomic mass is 10.0. The van der Waals surface area contributed by atoms with Crippen LogP contribution in [0.5, 0.6) is 0 Å². The average molecular weight is 773 g/mol. The fourth-order valence-corrected chi connectivity index (χ4v) is 6.84. The third-order valence-corrected chi connectivity index (χ3v) is 10.6. The van der Waals surface area contributed by atoms with E-state index in [1.165, 1.54) is 135 Å². The maximum absolute atomic E-state index is 12.7. The maximum atomic E-state index is 12.7. The molecule has 0 aliphatic rings. The number of likely N-dealkylation sites (N-methyl/N-ethyl adjacent to an activating group) is 1. The van der Waals surface area contributed by atoms with E-state index < -0.39 is 13.9 Å². The first-order valence-corrected chi connectivity index (χ1v) is 23.6. The van der Waals surface area contributed by atoms with Crippen LogP contribution >= 0.6 is 7.82 Å². The summed E-state index contributed by atoms with van der Waals surface area (Å²) in [5.74, 6) is -0.343. The van der Waals surface area contributed by atoms with E-state index in [9.17, 15) is 14.3 Å². The van der Waals surface area contributed by atoms with Crippen LogP contribution in [0.1, 0.15) is 200 Å². The van der Waals surface area contributed by atoms with Crippen LogP contribution in [0.2, 0.25) is 0 Å². The number of rotatable bonds is 41. The molecular weight excluding hydrogens is 685 g/mol. The van der Waals surface area contributed by atoms with Crippen LogP contribution in [-0.2, 0) is 27.9 Å². The summed E-state index contributed by atoms with van der Waals surface area (Å²) >= 11 is 0. The first-order valence-electron chi connectivity index (χ1n) is 22.1. The second-order valence-electron chi connectivity index (χ2n) is 16.1. The predicted molar refractivity (Wildman–Crippen MR) is 224 cm³/mol. The van der Waals surface area contributed by atoms with Crippen molar-refractivity contribution in [1.29, 1.82) is 0 Å². The third kappa shape index (κ3) is 41.8. The van der Waals surface area contributed by atoms with Crippen molar-refractivity contribution in [1.82, 2.24) is 0 Å². The number of ether oxygens (including phenoxy) is 2. The molecule has 1 unspecified atom stereocenters. The van der Waals surface area contributed by atoms with Crippen molar-refractivity contribution in [3.05, 3.63) is 24.5 Å². The van der Waals surface area contributed by atoms with E-state index in [1.807, 2.05) is 27.2 Å². The van der Waals surface area contributed by atoms with Gasteiger partial charge in [-0.1, -0.05) is 161 Å². The first-order chi connectivity index (χ1) is 25.6. The van der Waals surface area contributed by atoms with E-state index >= 15 is 0 Å². The van der Waals surface area contributed by atoms with E-state index in [-0.39, 0.29) is 25.8 Å². The highest BCUT2D eigenvalue weighted by atomic mass is 31.2. The van der Waals surface area contributed by atoms with Crippen molar-refractivity contribution >= 4 is 13.8 Å². The molecule has 0 amide bonds. The average Bonchev–Trinajstić information content (AvgIpc) is 3.11. The summed E-state index contributed by atoms with van der Waals surface area (Å²) in [5.41, 5.74) is 0. The third-order valence-electron chi connectivity index (χ3n) is 9.58. The van der Waals surface area contributed by atoms with Crippen LogP contribution in [0.3, 0.4) is 0 Å². The van der Waals surface area contributed by atoms with E-state index in [4.69, 9.17) is 18.5 Å². The molecule has 0 saturated heterocycles. The summed E-state index contributed by atoms with van der Waals surface area (Å²) < 4.78 is 34.7. The van der Waals surface area contributed by atoms with E-state index in [0.717, 1.165) is 44.9 Å². The van der Waals surface area contributed by atoms with Crippen LogP contribution in [0.4, 0.5) is 0 Å². The number of hydrogen-bond donors (Lipinski definition) is 1. The van der Waals surface area contributed by atoms with E-state index in [0.29, 0.717) is 17.4 Å². The van der Waals surface area contributed by atoms with Crippen LogP contribution in [-0.4, -0.2) is 69.0 Å². The monoisotopic (exact) mass is 773 g/mol. The van der Waals surface area contributed by atoms with Gasteiger partial charge in [0, 0.05) is 6.42 Å². The van der Waals surface area contributed by atoms with Crippen molar-refractivity contribution in [2.45, 2.75) is 206 Å². The van der Waals surface area contributed by atoms with Gasteiger partial charge in [0.1, 0.15) is 19.8 Å². The van der Waals surface area contributed by atoms with Crippen LogP contribution < -0.4 is 0 Å². The lowest BCUT2D eigenvalue weighted by Crippen LogP contribution is -2.37. The second-order valence-corrected chi connectivity index (χ2v) is 17.6. The quantitative estimate of drug-likeness (QED) is 0.0165. The number of phosphoric ester groups is 1. The molecule has 8 nitrogen and oxygen atoms in total. The van der Waals surface area contributed by atoms with Crippen molar-refractivity contribution in [3.8, 4) is 0 Å². The highest BCUT2D eigenvalue weighted by molar-refractivity contribution is 7.47. The molecule has 0 aromatic rings. The van der Waals surface area contributed by atoms with Gasteiger partial charge in [0.15, 0.2) is 6.10 Å². The van der Waals surface area contributed by atoms with Gasteiger partial charge in [0.2, 0.25) is 0 Å². The Morgan fingerprint density at radius 3 is 1.45 bits per heavy atom. The number of quaternary nitrogens is 1. The Kier molecular flexibility index (Phi) is 36.9. The van der Waals surface area contributed by atoms with Gasteiger partial charge in [-0.15, -0.1) is 0 Å². The Labute approximate surface area is 328 Å². The minimum absolute atomic E-state index is 0.0479. The Morgan fingerprint density at radius 2 is 1.00 bits per heavy atom. The largest absolute Gasteiger partial charge is 0.498 e. The fraction of sp³-hybridized carbons (Fsp3) is 0.886. The van der Waals surface area contributed by atoms with Crippen molar-refractivity contribution in [3.63, 3.8) is 0 Å². The first kappa shape index (κ1) is 51.8. The van der Waals surface area contributed by atoms with E-state index in [2.05, 4.69) is 26.0 Å². The number of hydrogen-bond acceptors (Lipinski definition) is 6. The summed E-state index contributed by atoms with van der Waals surface area (Å²) in [5, 5.41) is 0. The van der Waals surface area contributed by atoms with Crippen molar-refractivity contribution < 1.29 is 37.3 Å². The summed E-state index contributed by atoms with van der Waals surface area (Å²) in [6, 6.07) is 0. The minimum atomic E-state index is -4.29. The molecule has 0 fully saturated rings. The molecule has 53 heavy (non-hydrogen) atoms. The Balaban J connectivity index is 4.28. The number of carbonyl (C=O) groups excluding carboxylic acids is 1. The van der Waals surface area contributed by atoms with Crippen LogP contribution in [0.15, 0.2) is 24.5 Å². The number of unbranched alkanes of at least 4 members (excludes halogenated alkanes) is 25. The zero-order valence-corrected chi connectivity index (χ0v) is 36.4. The normalized spacial score (nSPS) is 13.9. The molecule has 0 aromatic heterocycles.